The van der Waals surface area contributed by atoms with Gasteiger partial charge in [0.15, 0.2) is 0 Å². The molecule has 0 spiro atoms. The van der Waals surface area contributed by atoms with Crippen molar-refractivity contribution in [3.05, 3.63) is 96.3 Å². The third-order valence-corrected chi connectivity index (χ3v) is 7.04. The Labute approximate surface area is 227 Å². The van der Waals surface area contributed by atoms with Crippen molar-refractivity contribution in [2.45, 2.75) is 20.0 Å². The molecule has 4 rings (SSSR count). The number of amides is 4. The van der Waals surface area contributed by atoms with E-state index in [0.29, 0.717) is 32.6 Å². The number of nitrogens with one attached hydrogen (secondary N) is 1. The average Bonchev–Trinajstić information content (AvgIpc) is 2.82. The Kier molecular flexibility index (Phi) is 7.88. The van der Waals surface area contributed by atoms with E-state index in [2.05, 4.69) is 53.1 Å². The molecule has 0 aromatic heterocycles. The van der Waals surface area contributed by atoms with Gasteiger partial charge in [0.05, 0.1) is 14.6 Å². The molecule has 3 aromatic rings. The first-order valence-corrected chi connectivity index (χ1v) is 13.0. The van der Waals surface area contributed by atoms with Gasteiger partial charge < -0.3 is 4.74 Å². The van der Waals surface area contributed by atoms with Crippen molar-refractivity contribution in [1.82, 2.24) is 5.32 Å². The highest BCUT2D eigenvalue weighted by molar-refractivity contribution is 9.11. The van der Waals surface area contributed by atoms with E-state index in [1.807, 2.05) is 43.3 Å². The first kappa shape index (κ1) is 25.3. The molecule has 9 heteroatoms. The minimum atomic E-state index is -0.777. The van der Waals surface area contributed by atoms with Gasteiger partial charge in [-0.05, 0) is 97.4 Å². The van der Waals surface area contributed by atoms with Gasteiger partial charge in [-0.25, -0.2) is 9.69 Å². The van der Waals surface area contributed by atoms with Crippen LogP contribution in [0.15, 0.2) is 79.7 Å². The molecule has 178 valence electrons. The zero-order chi connectivity index (χ0) is 25.1. The molecule has 0 saturated carbocycles. The van der Waals surface area contributed by atoms with Crippen LogP contribution < -0.4 is 15.0 Å². The van der Waals surface area contributed by atoms with Crippen LogP contribution in [0.3, 0.4) is 0 Å². The zero-order valence-corrected chi connectivity index (χ0v) is 23.2. The first-order chi connectivity index (χ1) is 16.8. The Morgan fingerprint density at radius 1 is 0.886 bits per heavy atom. The van der Waals surface area contributed by atoms with E-state index in [-0.39, 0.29) is 5.57 Å². The molecule has 0 radical (unpaired) electrons. The zero-order valence-electron chi connectivity index (χ0n) is 18.5. The Balaban J connectivity index is 1.59. The summed E-state index contributed by atoms with van der Waals surface area (Å²) in [5, 5.41) is 2.25. The molecule has 1 saturated heterocycles. The van der Waals surface area contributed by atoms with Crippen molar-refractivity contribution >= 4 is 77.4 Å². The van der Waals surface area contributed by atoms with E-state index in [1.54, 1.807) is 24.3 Å². The first-order valence-electron chi connectivity index (χ1n) is 10.6. The Morgan fingerprint density at radius 2 is 1.49 bits per heavy atom. The molecule has 0 atom stereocenters. The van der Waals surface area contributed by atoms with Gasteiger partial charge in [-0.3, -0.25) is 14.9 Å². The van der Waals surface area contributed by atoms with E-state index in [9.17, 15) is 14.4 Å². The summed E-state index contributed by atoms with van der Waals surface area (Å²) in [5.41, 5.74) is 2.89. The summed E-state index contributed by atoms with van der Waals surface area (Å²) >= 11 is 10.4. The maximum absolute atomic E-state index is 13.2. The minimum absolute atomic E-state index is 0.147. The normalized spacial score (nSPS) is 14.9. The summed E-state index contributed by atoms with van der Waals surface area (Å²) in [6.45, 7) is 2.38. The van der Waals surface area contributed by atoms with Crippen LogP contribution in [0, 0.1) is 0 Å². The van der Waals surface area contributed by atoms with Crippen LogP contribution in [-0.2, 0) is 22.6 Å². The number of imide groups is 2. The monoisotopic (exact) mass is 660 g/mol. The number of carbonyl (C=O) groups excluding carboxylic acids is 3. The summed E-state index contributed by atoms with van der Waals surface area (Å²) in [6, 6.07) is 17.6. The fraction of sp³-hybridized carbons (Fsp3) is 0.115. The number of rotatable bonds is 6. The Morgan fingerprint density at radius 3 is 2.09 bits per heavy atom. The highest BCUT2D eigenvalue weighted by atomic mass is 79.9. The van der Waals surface area contributed by atoms with Crippen molar-refractivity contribution < 1.29 is 19.1 Å². The van der Waals surface area contributed by atoms with Gasteiger partial charge >= 0.3 is 6.03 Å². The van der Waals surface area contributed by atoms with E-state index in [4.69, 9.17) is 4.74 Å². The third kappa shape index (κ3) is 5.74. The molecule has 4 amide bonds. The number of hydrogen-bond donors (Lipinski definition) is 1. The number of urea groups is 1. The molecule has 0 aliphatic carbocycles. The number of nitrogens with zero attached hydrogens (tertiary/aromatic N) is 1. The van der Waals surface area contributed by atoms with Gasteiger partial charge in [-0.15, -0.1) is 0 Å². The number of carbonyl (C=O) groups is 3. The number of halogens is 3. The van der Waals surface area contributed by atoms with Crippen molar-refractivity contribution in [2.75, 3.05) is 4.90 Å². The molecule has 6 nitrogen and oxygen atoms in total. The van der Waals surface area contributed by atoms with Crippen LogP contribution in [0.1, 0.15) is 23.6 Å². The summed E-state index contributed by atoms with van der Waals surface area (Å²) in [6.07, 6.45) is 2.28. The van der Waals surface area contributed by atoms with Gasteiger partial charge in [0.1, 0.15) is 17.9 Å². The summed E-state index contributed by atoms with van der Waals surface area (Å²) < 4.78 is 8.23. The standard InChI is InChI=1S/C26H19Br3N2O4/c1-2-15-5-9-19(10-6-15)31-25(33)20(24(32)30-26(31)34)11-17-12-21(28)23(22(29)13-17)35-14-16-3-7-18(27)8-4-16/h3-13H,2,14H2,1H3,(H,30,32,34)/b20-11-. The Bertz CT molecular complexity index is 1310. The van der Waals surface area contributed by atoms with E-state index in [1.165, 1.54) is 6.08 Å². The quantitative estimate of drug-likeness (QED) is 0.233. The summed E-state index contributed by atoms with van der Waals surface area (Å²) in [5.74, 6) is -0.850. The topological polar surface area (TPSA) is 75.7 Å². The third-order valence-electron chi connectivity index (χ3n) is 5.33. The van der Waals surface area contributed by atoms with Crippen LogP contribution >= 0.6 is 47.8 Å². The molecule has 35 heavy (non-hydrogen) atoms. The second-order valence-electron chi connectivity index (χ2n) is 7.71. The average molecular weight is 663 g/mol. The number of barbiturate groups is 1. The molecule has 1 heterocycles. The number of benzene rings is 3. The lowest BCUT2D eigenvalue weighted by molar-refractivity contribution is -0.122. The summed E-state index contributed by atoms with van der Waals surface area (Å²) in [4.78, 5) is 39.1. The lowest BCUT2D eigenvalue weighted by atomic mass is 10.1. The van der Waals surface area contributed by atoms with Crippen LogP contribution in [-0.4, -0.2) is 17.8 Å². The van der Waals surface area contributed by atoms with E-state index >= 15 is 0 Å². The van der Waals surface area contributed by atoms with Gasteiger partial charge in [-0.2, -0.15) is 0 Å². The van der Waals surface area contributed by atoms with Crippen LogP contribution in [0.4, 0.5) is 10.5 Å². The minimum Gasteiger partial charge on any atom is -0.487 e. The molecule has 1 aliphatic rings. The van der Waals surface area contributed by atoms with Crippen LogP contribution in [0.5, 0.6) is 5.75 Å². The van der Waals surface area contributed by atoms with Gasteiger partial charge in [0, 0.05) is 4.47 Å². The smallest absolute Gasteiger partial charge is 0.335 e. The van der Waals surface area contributed by atoms with Crippen LogP contribution in [0.25, 0.3) is 6.08 Å². The second kappa shape index (κ2) is 10.9. The largest absolute Gasteiger partial charge is 0.487 e. The summed E-state index contributed by atoms with van der Waals surface area (Å²) in [7, 11) is 0. The van der Waals surface area contributed by atoms with Gasteiger partial charge in [0.25, 0.3) is 11.8 Å². The molecule has 1 aliphatic heterocycles. The molecule has 0 unspecified atom stereocenters. The molecule has 1 fully saturated rings. The van der Waals surface area contributed by atoms with Gasteiger partial charge in [-0.1, -0.05) is 47.1 Å². The number of hydrogen-bond acceptors (Lipinski definition) is 4. The fourth-order valence-electron chi connectivity index (χ4n) is 3.48. The number of aryl methyl sites for hydroxylation is 1. The maximum Gasteiger partial charge on any atom is 0.335 e. The number of anilines is 1. The van der Waals surface area contributed by atoms with Crippen LogP contribution in [0.2, 0.25) is 0 Å². The lowest BCUT2D eigenvalue weighted by Crippen LogP contribution is -2.54. The van der Waals surface area contributed by atoms with Crippen molar-refractivity contribution in [3.8, 4) is 5.75 Å². The fourth-order valence-corrected chi connectivity index (χ4v) is 5.19. The predicted molar refractivity (Wildman–Crippen MR) is 145 cm³/mol. The Hall–Kier alpha value is -2.75. The number of ether oxygens (including phenoxy) is 1. The van der Waals surface area contributed by atoms with Gasteiger partial charge in [0.2, 0.25) is 0 Å². The molecular weight excluding hydrogens is 644 g/mol. The second-order valence-corrected chi connectivity index (χ2v) is 10.3. The highest BCUT2D eigenvalue weighted by Gasteiger charge is 2.36. The maximum atomic E-state index is 13.2. The SMILES string of the molecule is CCc1ccc(N2C(=O)NC(=O)/C(=C/c3cc(Br)c(OCc4ccc(Br)cc4)c(Br)c3)C2=O)cc1. The van der Waals surface area contributed by atoms with Crippen molar-refractivity contribution in [1.29, 1.82) is 0 Å². The van der Waals surface area contributed by atoms with E-state index < -0.39 is 17.8 Å². The molecule has 1 N–H and O–H groups in total. The van der Waals surface area contributed by atoms with E-state index in [0.717, 1.165) is 26.9 Å². The van der Waals surface area contributed by atoms with Crippen molar-refractivity contribution in [3.63, 3.8) is 0 Å². The predicted octanol–water partition coefficient (Wildman–Crippen LogP) is 6.78. The highest BCUT2D eigenvalue weighted by Crippen LogP contribution is 2.36. The molecule has 3 aromatic carbocycles. The van der Waals surface area contributed by atoms with Crippen molar-refractivity contribution in [2.24, 2.45) is 0 Å². The molecule has 0 bridgehead atoms. The molecular formula is C26H19Br3N2O4. The lowest BCUT2D eigenvalue weighted by Gasteiger charge is -2.26.